The van der Waals surface area contributed by atoms with Crippen molar-refractivity contribution in [1.82, 2.24) is 0 Å². The second-order valence-electron chi connectivity index (χ2n) is 10.1. The molecule has 4 aliphatic carbocycles. The molecule has 0 aliphatic heterocycles. The molecule has 7 atom stereocenters. The van der Waals surface area contributed by atoms with Gasteiger partial charge in [0.1, 0.15) is 0 Å². The van der Waals surface area contributed by atoms with Gasteiger partial charge in [-0.3, -0.25) is 14.4 Å². The number of alkyl halides is 3. The first kappa shape index (κ1) is 24.6. The number of esters is 1. The van der Waals surface area contributed by atoms with E-state index in [0.717, 1.165) is 0 Å². The predicted octanol–water partition coefficient (Wildman–Crippen LogP) is 3.47. The summed E-state index contributed by atoms with van der Waals surface area (Å²) in [6, 6.07) is 0. The Morgan fingerprint density at radius 1 is 1.31 bits per heavy atom. The van der Waals surface area contributed by atoms with E-state index in [-0.39, 0.29) is 35.3 Å². The fourth-order valence-corrected chi connectivity index (χ4v) is 9.08. The Morgan fingerprint density at radius 3 is 2.56 bits per heavy atom. The van der Waals surface area contributed by atoms with Crippen molar-refractivity contribution in [2.24, 2.45) is 22.7 Å². The SMILES string of the molecule is CC(=O)O[C@]1(C(=O)CI)CC[C@H]2[C@@H]3C(O)(O)CC4=CC(=O)C=C[C@]4(C)[C@@]3(Cl)C(Cl)C[C@@]21C. The lowest BCUT2D eigenvalue weighted by Crippen LogP contribution is -2.73. The van der Waals surface area contributed by atoms with Crippen LogP contribution in [0.5, 0.6) is 0 Å². The molecule has 3 saturated carbocycles. The third-order valence-corrected chi connectivity index (χ3v) is 10.9. The number of ketones is 2. The molecule has 3 fully saturated rings. The van der Waals surface area contributed by atoms with Crippen molar-refractivity contribution in [3.8, 4) is 0 Å². The minimum atomic E-state index is -2.25. The van der Waals surface area contributed by atoms with E-state index in [2.05, 4.69) is 0 Å². The summed E-state index contributed by atoms with van der Waals surface area (Å²) in [5.74, 6) is -4.62. The van der Waals surface area contributed by atoms with Gasteiger partial charge in [-0.1, -0.05) is 42.5 Å². The third kappa shape index (κ3) is 2.93. The second kappa shape index (κ2) is 7.51. The molecular weight excluding hydrogens is 570 g/mol. The quantitative estimate of drug-likeness (QED) is 0.224. The Hall–Kier alpha value is -0.480. The fourth-order valence-electron chi connectivity index (χ4n) is 7.19. The van der Waals surface area contributed by atoms with E-state index in [1.54, 1.807) is 6.08 Å². The number of fused-ring (bicyclic) bond motifs is 5. The van der Waals surface area contributed by atoms with E-state index in [4.69, 9.17) is 27.9 Å². The molecule has 9 heteroatoms. The van der Waals surface area contributed by atoms with Crippen LogP contribution < -0.4 is 0 Å². The van der Waals surface area contributed by atoms with Gasteiger partial charge in [0.05, 0.1) is 14.7 Å². The summed E-state index contributed by atoms with van der Waals surface area (Å²) in [6.45, 7) is 5.00. The molecule has 32 heavy (non-hydrogen) atoms. The minimum absolute atomic E-state index is 0.149. The van der Waals surface area contributed by atoms with Gasteiger partial charge in [-0.25, -0.2) is 0 Å². The van der Waals surface area contributed by atoms with E-state index in [1.807, 2.05) is 36.4 Å². The highest BCUT2D eigenvalue weighted by molar-refractivity contribution is 14.1. The van der Waals surface area contributed by atoms with Crippen molar-refractivity contribution < 1.29 is 29.3 Å². The molecule has 0 bridgehead atoms. The number of aliphatic hydroxyl groups is 2. The second-order valence-corrected chi connectivity index (χ2v) is 12.0. The van der Waals surface area contributed by atoms with Crippen molar-refractivity contribution in [3.05, 3.63) is 23.8 Å². The van der Waals surface area contributed by atoms with Gasteiger partial charge in [0.2, 0.25) is 0 Å². The van der Waals surface area contributed by atoms with Crippen LogP contribution in [0.1, 0.15) is 46.5 Å². The lowest BCUT2D eigenvalue weighted by molar-refractivity contribution is -0.263. The molecule has 0 aromatic heterocycles. The van der Waals surface area contributed by atoms with Crippen molar-refractivity contribution in [2.45, 2.75) is 68.1 Å². The number of hydrogen-bond donors (Lipinski definition) is 2. The van der Waals surface area contributed by atoms with Crippen molar-refractivity contribution in [3.63, 3.8) is 0 Å². The Balaban J connectivity index is 1.91. The lowest BCUT2D eigenvalue weighted by Gasteiger charge is -2.66. The standard InChI is InChI=1S/C23H27Cl2IO6/c1-12(27)32-21(17(29)11-26)7-5-15-18-22(30,31)9-13-8-14(28)4-6-19(13,2)23(18,25)16(24)10-20(15,21)3/h4,6,8,15-16,18,30-31H,5,7,9-11H2,1-3H3/t15-,16?,18+,19-,20-,21-,23+/m0/s1. The molecule has 6 nitrogen and oxygen atoms in total. The van der Waals surface area contributed by atoms with Crippen LogP contribution in [0.2, 0.25) is 0 Å². The summed E-state index contributed by atoms with van der Waals surface area (Å²) in [4.78, 5) is 36.0. The number of carbonyl (C=O) groups is 3. The number of ether oxygens (including phenoxy) is 1. The van der Waals surface area contributed by atoms with E-state index in [1.165, 1.54) is 19.1 Å². The summed E-state index contributed by atoms with van der Waals surface area (Å²) in [5.41, 5.74) is -2.68. The summed E-state index contributed by atoms with van der Waals surface area (Å²) in [5, 5.41) is 21.9. The zero-order valence-electron chi connectivity index (χ0n) is 18.2. The number of rotatable bonds is 3. The van der Waals surface area contributed by atoms with Crippen molar-refractivity contribution in [1.29, 1.82) is 0 Å². The normalized spacial score (nSPS) is 46.6. The molecule has 0 amide bonds. The molecule has 0 saturated heterocycles. The van der Waals surface area contributed by atoms with Crippen LogP contribution >= 0.6 is 45.8 Å². The molecule has 2 N–H and O–H groups in total. The van der Waals surface area contributed by atoms with Gasteiger partial charge in [-0.05, 0) is 42.9 Å². The Kier molecular flexibility index (Phi) is 5.78. The molecule has 0 heterocycles. The summed E-state index contributed by atoms with van der Waals surface area (Å²) >= 11 is 16.3. The number of hydrogen-bond acceptors (Lipinski definition) is 6. The maximum Gasteiger partial charge on any atom is 0.303 e. The zero-order valence-corrected chi connectivity index (χ0v) is 21.8. The first-order valence-electron chi connectivity index (χ1n) is 10.7. The summed E-state index contributed by atoms with van der Waals surface area (Å²) < 4.78 is 5.92. The molecule has 176 valence electrons. The Labute approximate surface area is 210 Å². The van der Waals surface area contributed by atoms with Crippen LogP contribution in [0.15, 0.2) is 23.8 Å². The van der Waals surface area contributed by atoms with Crippen LogP contribution in [0, 0.1) is 22.7 Å². The monoisotopic (exact) mass is 596 g/mol. The maximum absolute atomic E-state index is 13.2. The zero-order chi connectivity index (χ0) is 23.9. The molecule has 0 spiro atoms. The van der Waals surface area contributed by atoms with E-state index in [0.29, 0.717) is 12.0 Å². The number of allylic oxidation sites excluding steroid dienone is 3. The average molecular weight is 597 g/mol. The lowest BCUT2D eigenvalue weighted by atomic mass is 9.45. The van der Waals surface area contributed by atoms with Gasteiger partial charge >= 0.3 is 5.97 Å². The van der Waals surface area contributed by atoms with Gasteiger partial charge in [-0.15, -0.1) is 23.2 Å². The fraction of sp³-hybridized carbons (Fsp3) is 0.696. The summed E-state index contributed by atoms with van der Waals surface area (Å²) in [7, 11) is 0. The molecule has 4 rings (SSSR count). The molecule has 0 aromatic carbocycles. The van der Waals surface area contributed by atoms with Crippen molar-refractivity contribution >= 4 is 63.3 Å². The van der Waals surface area contributed by atoms with Gasteiger partial charge in [0, 0.05) is 30.1 Å². The van der Waals surface area contributed by atoms with Gasteiger partial charge in [0.25, 0.3) is 0 Å². The van der Waals surface area contributed by atoms with E-state index in [9.17, 15) is 24.6 Å². The summed E-state index contributed by atoms with van der Waals surface area (Å²) in [6.07, 6.45) is 5.37. The molecular formula is C23H27Cl2IO6. The minimum Gasteiger partial charge on any atom is -0.451 e. The first-order chi connectivity index (χ1) is 14.7. The number of Topliss-reactive ketones (excluding diaryl/α,β-unsaturated/α-hetero) is 1. The maximum atomic E-state index is 13.2. The van der Waals surface area contributed by atoms with Gasteiger partial charge in [0.15, 0.2) is 23.0 Å². The van der Waals surface area contributed by atoms with Crippen LogP contribution in [-0.2, 0) is 19.1 Å². The predicted molar refractivity (Wildman–Crippen MR) is 128 cm³/mol. The highest BCUT2D eigenvalue weighted by atomic mass is 127. The number of halogens is 3. The van der Waals surface area contributed by atoms with E-state index >= 15 is 0 Å². The smallest absolute Gasteiger partial charge is 0.303 e. The third-order valence-electron chi connectivity index (χ3n) is 8.66. The van der Waals surface area contributed by atoms with Crippen LogP contribution in [0.3, 0.4) is 0 Å². The van der Waals surface area contributed by atoms with Crippen LogP contribution in [0.4, 0.5) is 0 Å². The van der Waals surface area contributed by atoms with Gasteiger partial charge < -0.3 is 14.9 Å². The molecule has 0 aromatic rings. The largest absolute Gasteiger partial charge is 0.451 e. The Bertz CT molecular complexity index is 962. The first-order valence-corrected chi connectivity index (χ1v) is 13.0. The topological polar surface area (TPSA) is 101 Å². The van der Waals surface area contributed by atoms with E-state index < -0.39 is 50.3 Å². The molecule has 1 unspecified atom stereocenters. The Morgan fingerprint density at radius 2 is 1.97 bits per heavy atom. The molecule has 0 radical (unpaired) electrons. The van der Waals surface area contributed by atoms with Gasteiger partial charge in [-0.2, -0.15) is 0 Å². The molecule has 4 aliphatic rings. The number of carbonyl (C=O) groups excluding carboxylic acids is 3. The van der Waals surface area contributed by atoms with Crippen molar-refractivity contribution in [2.75, 3.05) is 4.43 Å². The average Bonchev–Trinajstić information content (AvgIpc) is 2.95. The van der Waals surface area contributed by atoms with Crippen LogP contribution in [0.25, 0.3) is 0 Å². The highest BCUT2D eigenvalue weighted by Gasteiger charge is 2.78. The highest BCUT2D eigenvalue weighted by Crippen LogP contribution is 2.73. The van der Waals surface area contributed by atoms with Crippen LogP contribution in [-0.4, -0.2) is 53.8 Å².